The van der Waals surface area contributed by atoms with E-state index in [1.165, 1.54) is 11.1 Å². The lowest BCUT2D eigenvalue weighted by Crippen LogP contribution is -2.23. The molecular weight excluding hydrogens is 346 g/mol. The number of anilines is 1. The molecule has 0 bridgehead atoms. The van der Waals surface area contributed by atoms with Gasteiger partial charge in [-0.15, -0.1) is 0 Å². The Morgan fingerprint density at radius 1 is 1.14 bits per heavy atom. The lowest BCUT2D eigenvalue weighted by atomic mass is 9.98. The Labute approximate surface area is 168 Å². The van der Waals surface area contributed by atoms with E-state index in [1.54, 1.807) is 0 Å². The van der Waals surface area contributed by atoms with Gasteiger partial charge in [-0.25, -0.2) is 4.98 Å². The maximum atomic E-state index is 12.9. The van der Waals surface area contributed by atoms with Gasteiger partial charge in [0.1, 0.15) is 11.5 Å². The first-order valence-electron chi connectivity index (χ1n) is 10.4. The number of carbonyl (C=O) groups is 1. The van der Waals surface area contributed by atoms with Gasteiger partial charge in [0.25, 0.3) is 0 Å². The highest BCUT2D eigenvalue weighted by molar-refractivity contribution is 5.92. The first-order valence-corrected chi connectivity index (χ1v) is 10.4. The average molecular weight is 378 g/mol. The van der Waals surface area contributed by atoms with E-state index in [4.69, 9.17) is 4.98 Å². The molecule has 1 aromatic carbocycles. The quantitative estimate of drug-likeness (QED) is 0.529. The van der Waals surface area contributed by atoms with Gasteiger partial charge in [0.15, 0.2) is 0 Å². The van der Waals surface area contributed by atoms with Crippen LogP contribution in [-0.4, -0.2) is 15.3 Å². The molecule has 28 heavy (non-hydrogen) atoms. The third kappa shape index (κ3) is 4.80. The van der Waals surface area contributed by atoms with Gasteiger partial charge in [-0.2, -0.15) is 0 Å². The lowest BCUT2D eigenvalue weighted by molar-refractivity contribution is -0.120. The number of carbonyl (C=O) groups excluding carboxylic acids is 1. The maximum Gasteiger partial charge on any atom is 0.228 e. The number of amides is 1. The molecule has 0 saturated heterocycles. The van der Waals surface area contributed by atoms with Gasteiger partial charge in [0.05, 0.1) is 5.69 Å². The van der Waals surface area contributed by atoms with E-state index in [-0.39, 0.29) is 11.8 Å². The van der Waals surface area contributed by atoms with Crippen LogP contribution in [0.5, 0.6) is 0 Å². The topological polar surface area (TPSA) is 46.4 Å². The smallest absolute Gasteiger partial charge is 0.228 e. The van der Waals surface area contributed by atoms with Crippen LogP contribution in [0.15, 0.2) is 48.7 Å². The molecule has 0 spiro atoms. The highest BCUT2D eigenvalue weighted by Crippen LogP contribution is 2.23. The Kier molecular flexibility index (Phi) is 6.85. The van der Waals surface area contributed by atoms with E-state index in [1.807, 2.05) is 16.7 Å². The highest BCUT2D eigenvalue weighted by Gasteiger charge is 2.20. The standard InChI is InChI=1S/C24H31N3O/c1-4-6-12-20(5-2)24(28)26-23-21(14-13-19-10-8-7-9-11-19)25-22-17-18(3)15-16-27(22)23/h7-11,15-17,20H,4-6,12-14H2,1-3H3,(H,26,28). The van der Waals surface area contributed by atoms with Gasteiger partial charge in [-0.3, -0.25) is 9.20 Å². The SMILES string of the molecule is CCCCC(CC)C(=O)Nc1c(CCc2ccccc2)nc2cc(C)ccn12. The van der Waals surface area contributed by atoms with Gasteiger partial charge in [-0.1, -0.05) is 57.0 Å². The molecule has 0 radical (unpaired) electrons. The molecule has 4 nitrogen and oxygen atoms in total. The molecule has 1 atom stereocenters. The van der Waals surface area contributed by atoms with Crippen LogP contribution >= 0.6 is 0 Å². The van der Waals surface area contributed by atoms with Gasteiger partial charge < -0.3 is 5.32 Å². The van der Waals surface area contributed by atoms with E-state index in [2.05, 4.69) is 62.5 Å². The molecule has 2 aromatic heterocycles. The summed E-state index contributed by atoms with van der Waals surface area (Å²) in [7, 11) is 0. The lowest BCUT2D eigenvalue weighted by Gasteiger charge is -2.15. The van der Waals surface area contributed by atoms with Gasteiger partial charge in [0.2, 0.25) is 5.91 Å². The predicted molar refractivity (Wildman–Crippen MR) is 116 cm³/mol. The summed E-state index contributed by atoms with van der Waals surface area (Å²) in [6.07, 6.45) is 7.70. The summed E-state index contributed by atoms with van der Waals surface area (Å²) in [5, 5.41) is 3.21. The van der Waals surface area contributed by atoms with Crippen molar-refractivity contribution in [1.29, 1.82) is 0 Å². The molecular formula is C24H31N3O. The molecule has 0 aliphatic heterocycles. The fourth-order valence-electron chi connectivity index (χ4n) is 3.60. The summed E-state index contributed by atoms with van der Waals surface area (Å²) < 4.78 is 2.01. The monoisotopic (exact) mass is 377 g/mol. The second-order valence-electron chi connectivity index (χ2n) is 7.56. The fourth-order valence-corrected chi connectivity index (χ4v) is 3.60. The number of nitrogens with zero attached hydrogens (tertiary/aromatic N) is 2. The van der Waals surface area contributed by atoms with Crippen LogP contribution in [0.4, 0.5) is 5.82 Å². The molecule has 1 unspecified atom stereocenters. The van der Waals surface area contributed by atoms with Crippen LogP contribution in [0.3, 0.4) is 0 Å². The Morgan fingerprint density at radius 3 is 2.64 bits per heavy atom. The van der Waals surface area contributed by atoms with Crippen molar-refractivity contribution in [1.82, 2.24) is 9.38 Å². The summed E-state index contributed by atoms with van der Waals surface area (Å²) in [6.45, 7) is 6.32. The minimum Gasteiger partial charge on any atom is -0.310 e. The predicted octanol–water partition coefficient (Wildman–Crippen LogP) is 5.58. The van der Waals surface area contributed by atoms with E-state index in [0.29, 0.717) is 0 Å². The summed E-state index contributed by atoms with van der Waals surface area (Å²) >= 11 is 0. The van der Waals surface area contributed by atoms with Gasteiger partial charge in [-0.05, 0) is 55.9 Å². The number of hydrogen-bond donors (Lipinski definition) is 1. The van der Waals surface area contributed by atoms with Gasteiger partial charge in [0, 0.05) is 12.1 Å². The van der Waals surface area contributed by atoms with Crippen molar-refractivity contribution < 1.29 is 4.79 Å². The van der Waals surface area contributed by atoms with Crippen molar-refractivity contribution in [2.45, 2.75) is 59.3 Å². The van der Waals surface area contributed by atoms with Crippen LogP contribution < -0.4 is 5.32 Å². The van der Waals surface area contributed by atoms with Crippen molar-refractivity contribution in [2.24, 2.45) is 5.92 Å². The number of hydrogen-bond acceptors (Lipinski definition) is 2. The highest BCUT2D eigenvalue weighted by atomic mass is 16.2. The summed E-state index contributed by atoms with van der Waals surface area (Å²) in [5.74, 6) is 0.989. The molecule has 4 heteroatoms. The van der Waals surface area contributed by atoms with Crippen molar-refractivity contribution in [3.63, 3.8) is 0 Å². The molecule has 3 rings (SSSR count). The Bertz CT molecular complexity index is 914. The number of benzene rings is 1. The molecule has 0 fully saturated rings. The molecule has 0 aliphatic carbocycles. The molecule has 0 saturated carbocycles. The normalized spacial score (nSPS) is 12.2. The first-order chi connectivity index (χ1) is 13.6. The van der Waals surface area contributed by atoms with E-state index < -0.39 is 0 Å². The molecule has 3 aromatic rings. The zero-order chi connectivity index (χ0) is 19.9. The molecule has 148 valence electrons. The van der Waals surface area contributed by atoms with Crippen molar-refractivity contribution in [3.05, 3.63) is 65.5 Å². The molecule has 1 N–H and O–H groups in total. The largest absolute Gasteiger partial charge is 0.310 e. The van der Waals surface area contributed by atoms with E-state index in [0.717, 1.165) is 55.7 Å². The third-order valence-corrected chi connectivity index (χ3v) is 5.36. The van der Waals surface area contributed by atoms with E-state index in [9.17, 15) is 4.79 Å². The fraction of sp³-hybridized carbons (Fsp3) is 0.417. The number of rotatable bonds is 9. The number of imidazole rings is 1. The number of nitrogens with one attached hydrogen (secondary N) is 1. The molecule has 1 amide bonds. The third-order valence-electron chi connectivity index (χ3n) is 5.36. The van der Waals surface area contributed by atoms with Crippen molar-refractivity contribution in [3.8, 4) is 0 Å². The minimum absolute atomic E-state index is 0.0536. The number of fused-ring (bicyclic) bond motifs is 1. The zero-order valence-electron chi connectivity index (χ0n) is 17.2. The summed E-state index contributed by atoms with van der Waals surface area (Å²) in [6, 6.07) is 14.5. The van der Waals surface area contributed by atoms with Crippen LogP contribution in [0, 0.1) is 12.8 Å². The van der Waals surface area contributed by atoms with Crippen LogP contribution in [0.2, 0.25) is 0 Å². The zero-order valence-corrected chi connectivity index (χ0v) is 17.2. The minimum atomic E-state index is 0.0536. The second-order valence-corrected chi connectivity index (χ2v) is 7.56. The van der Waals surface area contributed by atoms with Crippen LogP contribution in [-0.2, 0) is 17.6 Å². The second kappa shape index (κ2) is 9.54. The molecule has 2 heterocycles. The Hall–Kier alpha value is -2.62. The number of unbranched alkanes of at least 4 members (excludes halogenated alkanes) is 1. The van der Waals surface area contributed by atoms with Gasteiger partial charge >= 0.3 is 0 Å². The number of aryl methyl sites for hydroxylation is 3. The summed E-state index contributed by atoms with van der Waals surface area (Å²) in [5.41, 5.74) is 4.29. The van der Waals surface area contributed by atoms with Crippen molar-refractivity contribution >= 4 is 17.4 Å². The Morgan fingerprint density at radius 2 is 1.93 bits per heavy atom. The molecule has 0 aliphatic rings. The maximum absolute atomic E-state index is 12.9. The van der Waals surface area contributed by atoms with Crippen LogP contribution in [0.25, 0.3) is 5.65 Å². The summed E-state index contributed by atoms with van der Waals surface area (Å²) in [4.78, 5) is 17.8. The van der Waals surface area contributed by atoms with Crippen molar-refractivity contribution in [2.75, 3.05) is 5.32 Å². The average Bonchev–Trinajstić information content (AvgIpc) is 3.04. The van der Waals surface area contributed by atoms with E-state index >= 15 is 0 Å². The number of pyridine rings is 1. The number of aromatic nitrogens is 2. The first kappa shape index (κ1) is 20.1. The van der Waals surface area contributed by atoms with Crippen LogP contribution in [0.1, 0.15) is 56.4 Å². The Balaban J connectivity index is 1.86.